The van der Waals surface area contributed by atoms with E-state index < -0.39 is 5.97 Å². The molecular formula is C9H18N2O2S. The Morgan fingerprint density at radius 1 is 1.43 bits per heavy atom. The van der Waals surface area contributed by atoms with E-state index in [4.69, 9.17) is 22.8 Å². The van der Waals surface area contributed by atoms with Crippen LogP contribution in [0.15, 0.2) is 0 Å². The number of hydroxylamine groups is 2. The van der Waals surface area contributed by atoms with Gasteiger partial charge in [0.05, 0.1) is 6.54 Å². The van der Waals surface area contributed by atoms with Crippen LogP contribution < -0.4 is 5.73 Å². The summed E-state index contributed by atoms with van der Waals surface area (Å²) in [6.07, 6.45) is 4.36. The number of hydrogen-bond donors (Lipinski definition) is 1. The zero-order valence-electron chi connectivity index (χ0n) is 8.78. The third kappa shape index (κ3) is 6.65. The molecular weight excluding hydrogens is 200 g/mol. The quantitative estimate of drug-likeness (QED) is 0.431. The van der Waals surface area contributed by atoms with Crippen LogP contribution in [0.2, 0.25) is 0 Å². The predicted molar refractivity (Wildman–Crippen MR) is 59.4 cm³/mol. The normalized spacial score (nSPS) is 9.57. The number of hydrogen-bond acceptors (Lipinski definition) is 3. The van der Waals surface area contributed by atoms with Crippen LogP contribution in [0.4, 0.5) is 0 Å². The summed E-state index contributed by atoms with van der Waals surface area (Å²) in [5, 5.41) is 1.38. The molecule has 0 radical (unpaired) electrons. The Bertz CT molecular complexity index is 197. The summed E-state index contributed by atoms with van der Waals surface area (Å²) in [6.45, 7) is 4.05. The molecule has 4 nitrogen and oxygen atoms in total. The first-order valence-corrected chi connectivity index (χ1v) is 5.24. The minimum absolute atomic E-state index is 0.108. The fourth-order valence-electron chi connectivity index (χ4n) is 1.04. The van der Waals surface area contributed by atoms with Gasteiger partial charge in [0.15, 0.2) is 5.11 Å². The van der Waals surface area contributed by atoms with Gasteiger partial charge in [-0.05, 0) is 18.6 Å². The molecule has 0 aliphatic rings. The Hall–Kier alpha value is -0.840. The van der Waals surface area contributed by atoms with Gasteiger partial charge in [0, 0.05) is 6.92 Å². The van der Waals surface area contributed by atoms with Gasteiger partial charge in [-0.3, -0.25) is 4.79 Å². The lowest BCUT2D eigenvalue weighted by molar-refractivity contribution is -0.169. The van der Waals surface area contributed by atoms with Crippen molar-refractivity contribution in [2.24, 2.45) is 5.73 Å². The van der Waals surface area contributed by atoms with Gasteiger partial charge in [0.2, 0.25) is 0 Å². The highest BCUT2D eigenvalue weighted by atomic mass is 32.1. The van der Waals surface area contributed by atoms with Gasteiger partial charge in [-0.1, -0.05) is 26.2 Å². The summed E-state index contributed by atoms with van der Waals surface area (Å²) in [4.78, 5) is 15.5. The van der Waals surface area contributed by atoms with Crippen molar-refractivity contribution in [3.8, 4) is 0 Å². The number of nitrogens with zero attached hydrogens (tertiary/aromatic N) is 1. The van der Waals surface area contributed by atoms with Gasteiger partial charge in [-0.15, -0.1) is 0 Å². The fourth-order valence-corrected chi connectivity index (χ4v) is 1.17. The standard InChI is InChI=1S/C9H18N2O2S/c1-3-4-5-6-7-11(9(10)14)13-8(2)12/h3-7H2,1-2H3,(H2,10,14). The van der Waals surface area contributed by atoms with E-state index in [0.29, 0.717) is 6.54 Å². The number of nitrogens with two attached hydrogens (primary N) is 1. The number of rotatable bonds is 5. The SMILES string of the molecule is CCCCCCN(OC(C)=O)C(N)=S. The summed E-state index contributed by atoms with van der Waals surface area (Å²) in [7, 11) is 0. The Kier molecular flexibility index (Phi) is 7.10. The molecule has 0 saturated carbocycles. The first kappa shape index (κ1) is 13.2. The van der Waals surface area contributed by atoms with Gasteiger partial charge in [0.25, 0.3) is 0 Å². The highest BCUT2D eigenvalue weighted by Crippen LogP contribution is 2.02. The van der Waals surface area contributed by atoms with Crippen LogP contribution in [0.25, 0.3) is 0 Å². The molecule has 5 heteroatoms. The van der Waals surface area contributed by atoms with Gasteiger partial charge in [-0.2, -0.15) is 5.06 Å². The van der Waals surface area contributed by atoms with E-state index in [1.54, 1.807) is 0 Å². The first-order chi connectivity index (χ1) is 6.57. The zero-order valence-corrected chi connectivity index (χ0v) is 9.60. The lowest BCUT2D eigenvalue weighted by atomic mass is 10.2. The van der Waals surface area contributed by atoms with Crippen molar-refractivity contribution >= 4 is 23.3 Å². The summed E-state index contributed by atoms with van der Waals surface area (Å²) < 4.78 is 0. The molecule has 0 aromatic carbocycles. The highest BCUT2D eigenvalue weighted by Gasteiger charge is 2.08. The molecule has 14 heavy (non-hydrogen) atoms. The number of thiocarbonyl (C=S) groups is 1. The minimum Gasteiger partial charge on any atom is -0.374 e. The average molecular weight is 218 g/mol. The van der Waals surface area contributed by atoms with E-state index in [-0.39, 0.29) is 5.11 Å². The molecule has 0 rings (SSSR count). The smallest absolute Gasteiger partial charge is 0.329 e. The summed E-state index contributed by atoms with van der Waals surface area (Å²) in [5.41, 5.74) is 5.38. The van der Waals surface area contributed by atoms with E-state index in [0.717, 1.165) is 12.8 Å². The molecule has 0 aliphatic heterocycles. The van der Waals surface area contributed by atoms with Crippen LogP contribution in [-0.2, 0) is 9.63 Å². The first-order valence-electron chi connectivity index (χ1n) is 4.83. The summed E-state index contributed by atoms with van der Waals surface area (Å²) in [6, 6.07) is 0. The molecule has 0 saturated heterocycles. The van der Waals surface area contributed by atoms with E-state index in [9.17, 15) is 4.79 Å². The number of carbonyl (C=O) groups excluding carboxylic acids is 1. The van der Waals surface area contributed by atoms with E-state index >= 15 is 0 Å². The van der Waals surface area contributed by atoms with Crippen molar-refractivity contribution < 1.29 is 9.63 Å². The zero-order chi connectivity index (χ0) is 11.0. The maximum Gasteiger partial charge on any atom is 0.329 e. The second kappa shape index (κ2) is 7.55. The fraction of sp³-hybridized carbons (Fsp3) is 0.778. The largest absolute Gasteiger partial charge is 0.374 e. The summed E-state index contributed by atoms with van der Waals surface area (Å²) in [5.74, 6) is -0.395. The van der Waals surface area contributed by atoms with Crippen molar-refractivity contribution in [3.05, 3.63) is 0 Å². The van der Waals surface area contributed by atoms with E-state index in [2.05, 4.69) is 6.92 Å². The van der Waals surface area contributed by atoms with Gasteiger partial charge < -0.3 is 10.6 Å². The van der Waals surface area contributed by atoms with Crippen LogP contribution in [-0.4, -0.2) is 22.7 Å². The number of carbonyl (C=O) groups is 1. The van der Waals surface area contributed by atoms with Crippen molar-refractivity contribution in [1.82, 2.24) is 5.06 Å². The molecule has 0 aromatic rings. The van der Waals surface area contributed by atoms with Crippen molar-refractivity contribution in [2.75, 3.05) is 6.54 Å². The maximum absolute atomic E-state index is 10.7. The van der Waals surface area contributed by atoms with Crippen molar-refractivity contribution in [2.45, 2.75) is 39.5 Å². The minimum atomic E-state index is -0.395. The maximum atomic E-state index is 10.7. The Balaban J connectivity index is 3.74. The van der Waals surface area contributed by atoms with Crippen LogP contribution in [0.3, 0.4) is 0 Å². The van der Waals surface area contributed by atoms with Crippen LogP contribution in [0.1, 0.15) is 39.5 Å². The second-order valence-corrected chi connectivity index (χ2v) is 3.50. The van der Waals surface area contributed by atoms with Crippen molar-refractivity contribution in [1.29, 1.82) is 0 Å². The van der Waals surface area contributed by atoms with E-state index in [1.165, 1.54) is 24.8 Å². The predicted octanol–water partition coefficient (Wildman–Crippen LogP) is 1.59. The molecule has 0 unspecified atom stereocenters. The molecule has 0 heterocycles. The van der Waals surface area contributed by atoms with Gasteiger partial charge >= 0.3 is 5.97 Å². The molecule has 0 aliphatic carbocycles. The lowest BCUT2D eigenvalue weighted by Gasteiger charge is -2.19. The number of unbranched alkanes of at least 4 members (excludes halogenated alkanes) is 3. The average Bonchev–Trinajstić information content (AvgIpc) is 2.09. The van der Waals surface area contributed by atoms with Gasteiger partial charge in [-0.25, -0.2) is 0 Å². The summed E-state index contributed by atoms with van der Waals surface area (Å²) >= 11 is 4.74. The molecule has 0 aromatic heterocycles. The van der Waals surface area contributed by atoms with Crippen molar-refractivity contribution in [3.63, 3.8) is 0 Å². The van der Waals surface area contributed by atoms with Crippen LogP contribution in [0.5, 0.6) is 0 Å². The van der Waals surface area contributed by atoms with Crippen LogP contribution in [0, 0.1) is 0 Å². The molecule has 82 valence electrons. The molecule has 2 N–H and O–H groups in total. The molecule has 0 fully saturated rings. The molecule has 0 spiro atoms. The Morgan fingerprint density at radius 3 is 2.50 bits per heavy atom. The monoisotopic (exact) mass is 218 g/mol. The van der Waals surface area contributed by atoms with Gasteiger partial charge in [0.1, 0.15) is 0 Å². The van der Waals surface area contributed by atoms with Crippen LogP contribution >= 0.6 is 12.2 Å². The third-order valence-corrected chi connectivity index (χ3v) is 1.90. The Labute approximate surface area is 90.3 Å². The third-order valence-electron chi connectivity index (χ3n) is 1.70. The Morgan fingerprint density at radius 2 is 2.07 bits per heavy atom. The highest BCUT2D eigenvalue weighted by molar-refractivity contribution is 7.80. The topological polar surface area (TPSA) is 55.6 Å². The lowest BCUT2D eigenvalue weighted by Crippen LogP contribution is -2.37. The van der Waals surface area contributed by atoms with E-state index in [1.807, 2.05) is 0 Å². The second-order valence-electron chi connectivity index (χ2n) is 3.08. The molecule has 0 bridgehead atoms. The molecule has 0 amide bonds. The molecule has 0 atom stereocenters.